The number of anilines is 1. The molecule has 1 amide bonds. The van der Waals surface area contributed by atoms with Gasteiger partial charge in [-0.25, -0.2) is 4.98 Å². The lowest BCUT2D eigenvalue weighted by Crippen LogP contribution is -2.24. The van der Waals surface area contributed by atoms with E-state index in [-0.39, 0.29) is 24.2 Å². The first kappa shape index (κ1) is 17.4. The van der Waals surface area contributed by atoms with Crippen LogP contribution in [-0.2, 0) is 27.3 Å². The lowest BCUT2D eigenvalue weighted by Gasteiger charge is -2.10. The predicted octanol–water partition coefficient (Wildman–Crippen LogP) is 2.37. The third-order valence-corrected chi connectivity index (χ3v) is 3.92. The van der Waals surface area contributed by atoms with Crippen LogP contribution in [0.4, 0.5) is 5.13 Å². The Balaban J connectivity index is 1.87. The standard InChI is InChI=1S/C14H17ClN4O3S/c1-3-22-12(20)4-11-8-23-14(17-11)18-13(21)9(2)6-19-7-10(15)5-16-19/h5,7-9H,3-4,6H2,1-2H3,(H,17,18,21). The molecule has 0 aliphatic carbocycles. The first-order valence-corrected chi connectivity index (χ1v) is 8.32. The van der Waals surface area contributed by atoms with E-state index in [1.165, 1.54) is 17.5 Å². The third-order valence-electron chi connectivity index (χ3n) is 2.92. The van der Waals surface area contributed by atoms with Gasteiger partial charge in [-0.3, -0.25) is 14.3 Å². The van der Waals surface area contributed by atoms with Crippen LogP contribution in [0.2, 0.25) is 5.02 Å². The molecule has 7 nitrogen and oxygen atoms in total. The van der Waals surface area contributed by atoms with E-state index in [0.717, 1.165) is 0 Å². The van der Waals surface area contributed by atoms with Gasteiger partial charge in [0, 0.05) is 11.6 Å². The summed E-state index contributed by atoms with van der Waals surface area (Å²) in [6, 6.07) is 0. The van der Waals surface area contributed by atoms with E-state index in [4.69, 9.17) is 16.3 Å². The van der Waals surface area contributed by atoms with E-state index in [9.17, 15) is 9.59 Å². The fourth-order valence-corrected chi connectivity index (χ4v) is 2.71. The van der Waals surface area contributed by atoms with Gasteiger partial charge in [-0.15, -0.1) is 11.3 Å². The lowest BCUT2D eigenvalue weighted by atomic mass is 10.1. The maximum atomic E-state index is 12.1. The Morgan fingerprint density at radius 3 is 2.96 bits per heavy atom. The van der Waals surface area contributed by atoms with Crippen molar-refractivity contribution in [2.45, 2.75) is 26.8 Å². The normalized spacial score (nSPS) is 12.0. The van der Waals surface area contributed by atoms with Crippen molar-refractivity contribution in [1.29, 1.82) is 0 Å². The summed E-state index contributed by atoms with van der Waals surface area (Å²) in [5.41, 5.74) is 0.579. The van der Waals surface area contributed by atoms with Gasteiger partial charge in [0.05, 0.1) is 42.4 Å². The summed E-state index contributed by atoms with van der Waals surface area (Å²) in [6.07, 6.45) is 3.28. The highest BCUT2D eigenvalue weighted by molar-refractivity contribution is 7.13. The van der Waals surface area contributed by atoms with Gasteiger partial charge in [0.1, 0.15) is 0 Å². The summed E-state index contributed by atoms with van der Waals surface area (Å²) in [4.78, 5) is 27.7. The van der Waals surface area contributed by atoms with Crippen molar-refractivity contribution in [3.05, 3.63) is 28.5 Å². The Kier molecular flexibility index (Phi) is 6.12. The average Bonchev–Trinajstić information content (AvgIpc) is 3.08. The fourth-order valence-electron chi connectivity index (χ4n) is 1.84. The molecule has 0 fully saturated rings. The molecule has 0 aromatic carbocycles. The summed E-state index contributed by atoms with van der Waals surface area (Å²) < 4.78 is 6.47. The third kappa shape index (κ3) is 5.33. The second-order valence-electron chi connectivity index (χ2n) is 4.90. The van der Waals surface area contributed by atoms with Crippen LogP contribution in [0.25, 0.3) is 0 Å². The Bertz CT molecular complexity index is 685. The average molecular weight is 357 g/mol. The highest BCUT2D eigenvalue weighted by Crippen LogP contribution is 2.17. The Hall–Kier alpha value is -1.93. The second kappa shape index (κ2) is 8.07. The molecule has 1 N–H and O–H groups in total. The molecule has 124 valence electrons. The van der Waals surface area contributed by atoms with Crippen LogP contribution in [0.1, 0.15) is 19.5 Å². The van der Waals surface area contributed by atoms with Gasteiger partial charge >= 0.3 is 5.97 Å². The number of hydrogen-bond donors (Lipinski definition) is 1. The predicted molar refractivity (Wildman–Crippen MR) is 87.5 cm³/mol. The molecule has 9 heteroatoms. The first-order valence-electron chi connectivity index (χ1n) is 7.06. The molecule has 2 heterocycles. The summed E-state index contributed by atoms with van der Waals surface area (Å²) in [5, 5.41) is 9.49. The van der Waals surface area contributed by atoms with Crippen LogP contribution >= 0.6 is 22.9 Å². The van der Waals surface area contributed by atoms with Crippen LogP contribution in [0, 0.1) is 5.92 Å². The van der Waals surface area contributed by atoms with Gasteiger partial charge in [-0.1, -0.05) is 18.5 Å². The number of amides is 1. The summed E-state index contributed by atoms with van der Waals surface area (Å²) in [6.45, 7) is 4.29. The van der Waals surface area contributed by atoms with Crippen molar-refractivity contribution >= 4 is 39.9 Å². The Morgan fingerprint density at radius 1 is 1.52 bits per heavy atom. The van der Waals surface area contributed by atoms with Gasteiger partial charge < -0.3 is 10.1 Å². The number of ether oxygens (including phenoxy) is 1. The van der Waals surface area contributed by atoms with E-state index in [0.29, 0.717) is 29.0 Å². The number of nitrogens with zero attached hydrogens (tertiary/aromatic N) is 3. The summed E-state index contributed by atoms with van der Waals surface area (Å²) >= 11 is 7.06. The molecule has 0 aliphatic rings. The van der Waals surface area contributed by atoms with Crippen LogP contribution in [0.3, 0.4) is 0 Å². The Labute approximate surface area is 142 Å². The smallest absolute Gasteiger partial charge is 0.311 e. The van der Waals surface area contributed by atoms with Gasteiger partial charge in [-0.2, -0.15) is 5.10 Å². The van der Waals surface area contributed by atoms with Gasteiger partial charge in [-0.05, 0) is 6.92 Å². The van der Waals surface area contributed by atoms with Crippen molar-refractivity contribution in [2.75, 3.05) is 11.9 Å². The van der Waals surface area contributed by atoms with E-state index in [1.54, 1.807) is 30.1 Å². The molecule has 1 atom stereocenters. The fraction of sp³-hybridized carbons (Fsp3) is 0.429. The molecule has 0 bridgehead atoms. The van der Waals surface area contributed by atoms with Crippen molar-refractivity contribution in [1.82, 2.24) is 14.8 Å². The molecule has 0 saturated carbocycles. The maximum absolute atomic E-state index is 12.1. The molecule has 2 aromatic rings. The number of carbonyl (C=O) groups excluding carboxylic acids is 2. The van der Waals surface area contributed by atoms with Crippen molar-refractivity contribution in [3.63, 3.8) is 0 Å². The Morgan fingerprint density at radius 2 is 2.30 bits per heavy atom. The monoisotopic (exact) mass is 356 g/mol. The molecule has 1 unspecified atom stereocenters. The van der Waals surface area contributed by atoms with Crippen LogP contribution in [0.15, 0.2) is 17.8 Å². The van der Waals surface area contributed by atoms with Gasteiger partial charge in [0.15, 0.2) is 5.13 Å². The maximum Gasteiger partial charge on any atom is 0.311 e. The van der Waals surface area contributed by atoms with Crippen molar-refractivity contribution in [2.24, 2.45) is 5.92 Å². The highest BCUT2D eigenvalue weighted by atomic mass is 35.5. The lowest BCUT2D eigenvalue weighted by molar-refractivity contribution is -0.142. The molecule has 23 heavy (non-hydrogen) atoms. The summed E-state index contributed by atoms with van der Waals surface area (Å²) in [5.74, 6) is -0.809. The van der Waals surface area contributed by atoms with E-state index >= 15 is 0 Å². The minimum atomic E-state index is -0.334. The first-order chi connectivity index (χ1) is 11.0. The molecule has 0 radical (unpaired) electrons. The van der Waals surface area contributed by atoms with E-state index < -0.39 is 0 Å². The molecular formula is C14H17ClN4O3S. The number of rotatable bonds is 7. The second-order valence-corrected chi connectivity index (χ2v) is 6.19. The SMILES string of the molecule is CCOC(=O)Cc1csc(NC(=O)C(C)Cn2cc(Cl)cn2)n1. The number of thiazole rings is 1. The number of carbonyl (C=O) groups is 2. The molecule has 0 aliphatic heterocycles. The molecule has 2 rings (SSSR count). The number of aromatic nitrogens is 3. The molecular weight excluding hydrogens is 340 g/mol. The van der Waals surface area contributed by atoms with Crippen LogP contribution in [0.5, 0.6) is 0 Å². The number of esters is 1. The minimum Gasteiger partial charge on any atom is -0.466 e. The zero-order valence-electron chi connectivity index (χ0n) is 12.8. The molecule has 2 aromatic heterocycles. The zero-order chi connectivity index (χ0) is 16.8. The van der Waals surface area contributed by atoms with E-state index in [1.807, 2.05) is 0 Å². The minimum absolute atomic E-state index is 0.0988. The van der Waals surface area contributed by atoms with E-state index in [2.05, 4.69) is 15.4 Å². The van der Waals surface area contributed by atoms with Crippen molar-refractivity contribution in [3.8, 4) is 0 Å². The highest BCUT2D eigenvalue weighted by Gasteiger charge is 2.16. The largest absolute Gasteiger partial charge is 0.466 e. The van der Waals surface area contributed by atoms with Crippen LogP contribution < -0.4 is 5.32 Å². The quantitative estimate of drug-likeness (QED) is 0.770. The number of hydrogen-bond acceptors (Lipinski definition) is 6. The summed E-state index contributed by atoms with van der Waals surface area (Å²) in [7, 11) is 0. The molecule has 0 spiro atoms. The van der Waals surface area contributed by atoms with Crippen LogP contribution in [-0.4, -0.2) is 33.2 Å². The van der Waals surface area contributed by atoms with Gasteiger partial charge in [0.25, 0.3) is 0 Å². The topological polar surface area (TPSA) is 86.1 Å². The zero-order valence-corrected chi connectivity index (χ0v) is 14.4. The van der Waals surface area contributed by atoms with Crippen molar-refractivity contribution < 1.29 is 14.3 Å². The van der Waals surface area contributed by atoms with Gasteiger partial charge in [0.2, 0.25) is 5.91 Å². The molecule has 0 saturated heterocycles. The number of nitrogens with one attached hydrogen (secondary N) is 1. The number of halogens is 1.